The van der Waals surface area contributed by atoms with Gasteiger partial charge in [-0.2, -0.15) is 13.2 Å². The molecule has 0 unspecified atom stereocenters. The Labute approximate surface area is 149 Å². The first-order chi connectivity index (χ1) is 11.8. The normalized spacial score (nSPS) is 11.8. The summed E-state index contributed by atoms with van der Waals surface area (Å²) in [5.41, 5.74) is 5.06. The second-order valence-corrected chi connectivity index (χ2v) is 7.45. The molecule has 3 aromatic heterocycles. The van der Waals surface area contributed by atoms with Gasteiger partial charge in [0.2, 0.25) is 0 Å². The van der Waals surface area contributed by atoms with Crippen molar-refractivity contribution in [1.82, 2.24) is 10.3 Å². The molecule has 0 aliphatic rings. The minimum absolute atomic E-state index is 0.0600. The van der Waals surface area contributed by atoms with Gasteiger partial charge >= 0.3 is 6.18 Å². The molecule has 132 valence electrons. The molecule has 4 nitrogen and oxygen atoms in total. The summed E-state index contributed by atoms with van der Waals surface area (Å²) in [7, 11) is 0. The lowest BCUT2D eigenvalue weighted by atomic mass is 10.1. The number of nitrogen functional groups attached to an aromatic ring is 1. The summed E-state index contributed by atoms with van der Waals surface area (Å²) in [5, 5.41) is 4.44. The van der Waals surface area contributed by atoms with Crippen LogP contribution in [-0.4, -0.2) is 17.4 Å². The number of rotatable bonds is 4. The van der Waals surface area contributed by atoms with Crippen molar-refractivity contribution in [1.29, 1.82) is 0 Å². The van der Waals surface area contributed by atoms with E-state index in [0.29, 0.717) is 13.0 Å². The number of carbonyl (C=O) groups is 1. The van der Waals surface area contributed by atoms with E-state index in [1.807, 2.05) is 17.5 Å². The molecule has 0 aliphatic carbocycles. The molecule has 3 rings (SSSR count). The van der Waals surface area contributed by atoms with E-state index in [4.69, 9.17) is 5.73 Å². The van der Waals surface area contributed by atoms with E-state index < -0.39 is 17.6 Å². The zero-order valence-corrected chi connectivity index (χ0v) is 14.7. The molecular formula is C16H14F3N3OS2. The van der Waals surface area contributed by atoms with Crippen molar-refractivity contribution in [2.24, 2.45) is 0 Å². The number of nitrogens with zero attached hydrogens (tertiary/aromatic N) is 1. The predicted molar refractivity (Wildman–Crippen MR) is 94.1 cm³/mol. The summed E-state index contributed by atoms with van der Waals surface area (Å²) >= 11 is 2.45. The van der Waals surface area contributed by atoms with Crippen LogP contribution in [0.25, 0.3) is 10.2 Å². The molecule has 25 heavy (non-hydrogen) atoms. The quantitative estimate of drug-likeness (QED) is 0.706. The third kappa shape index (κ3) is 3.62. The Balaban J connectivity index is 1.89. The zero-order valence-electron chi connectivity index (χ0n) is 13.1. The van der Waals surface area contributed by atoms with Gasteiger partial charge in [0.05, 0.1) is 11.3 Å². The number of alkyl halides is 3. The van der Waals surface area contributed by atoms with Gasteiger partial charge in [0.1, 0.15) is 9.71 Å². The Morgan fingerprint density at radius 1 is 1.40 bits per heavy atom. The van der Waals surface area contributed by atoms with Crippen LogP contribution >= 0.6 is 22.7 Å². The highest BCUT2D eigenvalue weighted by molar-refractivity contribution is 7.21. The fourth-order valence-corrected chi connectivity index (χ4v) is 4.26. The molecule has 9 heteroatoms. The fourth-order valence-electron chi connectivity index (χ4n) is 2.47. The number of pyridine rings is 1. The van der Waals surface area contributed by atoms with E-state index in [0.717, 1.165) is 22.3 Å². The summed E-state index contributed by atoms with van der Waals surface area (Å²) in [6.45, 7) is 1.86. The number of fused-ring (bicyclic) bond motifs is 1. The number of aryl methyl sites for hydroxylation is 1. The third-order valence-electron chi connectivity index (χ3n) is 3.58. The molecule has 3 aromatic rings. The highest BCUT2D eigenvalue weighted by Gasteiger charge is 2.35. The van der Waals surface area contributed by atoms with Crippen molar-refractivity contribution < 1.29 is 18.0 Å². The lowest BCUT2D eigenvalue weighted by molar-refractivity contribution is -0.136. The van der Waals surface area contributed by atoms with Crippen molar-refractivity contribution in [2.45, 2.75) is 19.5 Å². The van der Waals surface area contributed by atoms with Crippen molar-refractivity contribution in [3.8, 4) is 0 Å². The highest BCUT2D eigenvalue weighted by atomic mass is 32.1. The maximum Gasteiger partial charge on any atom is 0.417 e. The second-order valence-electron chi connectivity index (χ2n) is 5.42. The zero-order chi connectivity index (χ0) is 18.2. The van der Waals surface area contributed by atoms with Crippen LogP contribution in [-0.2, 0) is 12.6 Å². The summed E-state index contributed by atoms with van der Waals surface area (Å²) in [6.07, 6.45) is -3.91. The molecule has 0 atom stereocenters. The molecule has 1 amide bonds. The van der Waals surface area contributed by atoms with Crippen LogP contribution in [0.5, 0.6) is 0 Å². The number of hydrogen-bond acceptors (Lipinski definition) is 5. The molecule has 0 saturated carbocycles. The van der Waals surface area contributed by atoms with Crippen molar-refractivity contribution in [3.05, 3.63) is 44.6 Å². The minimum Gasteiger partial charge on any atom is -0.397 e. The smallest absolute Gasteiger partial charge is 0.397 e. The van der Waals surface area contributed by atoms with E-state index in [1.54, 1.807) is 11.3 Å². The van der Waals surface area contributed by atoms with E-state index in [2.05, 4.69) is 10.3 Å². The summed E-state index contributed by atoms with van der Waals surface area (Å²) in [6, 6.07) is 4.81. The second kappa shape index (κ2) is 6.64. The lowest BCUT2D eigenvalue weighted by Gasteiger charge is -2.09. The van der Waals surface area contributed by atoms with Gasteiger partial charge in [-0.3, -0.25) is 4.79 Å². The molecule has 0 radical (unpaired) electrons. The van der Waals surface area contributed by atoms with E-state index in [-0.39, 0.29) is 26.5 Å². The summed E-state index contributed by atoms with van der Waals surface area (Å²) in [4.78, 5) is 17.7. The number of aromatic nitrogens is 1. The number of nitrogens with one attached hydrogen (secondary N) is 1. The largest absolute Gasteiger partial charge is 0.417 e. The van der Waals surface area contributed by atoms with Crippen molar-refractivity contribution in [3.63, 3.8) is 0 Å². The SMILES string of the molecule is Cc1cc(C(F)(F)F)c2c(N)c(C(=O)NCCc3cccs3)sc2n1. The topological polar surface area (TPSA) is 68.0 Å². The van der Waals surface area contributed by atoms with E-state index in [1.165, 1.54) is 6.92 Å². The number of halogens is 3. The molecule has 3 N–H and O–H groups in total. The third-order valence-corrected chi connectivity index (χ3v) is 5.61. The van der Waals surface area contributed by atoms with Gasteiger partial charge < -0.3 is 11.1 Å². The first kappa shape index (κ1) is 17.7. The van der Waals surface area contributed by atoms with E-state index >= 15 is 0 Å². The molecule has 0 fully saturated rings. The molecule has 3 heterocycles. The van der Waals surface area contributed by atoms with Gasteiger partial charge in [-0.05, 0) is 30.9 Å². The number of carbonyl (C=O) groups excluding carboxylic acids is 1. The minimum atomic E-state index is -4.56. The standard InChI is InChI=1S/C16H14F3N3OS2/c1-8-7-10(16(17,18)19)11-12(20)13(25-15(11)22-8)14(23)21-5-4-9-3-2-6-24-9/h2-3,6-7H,4-5,20H2,1H3,(H,21,23). The van der Waals surface area contributed by atoms with Crippen LogP contribution in [0.2, 0.25) is 0 Å². The van der Waals surface area contributed by atoms with Crippen LogP contribution in [0.3, 0.4) is 0 Å². The average Bonchev–Trinajstić information content (AvgIpc) is 3.14. The molecular weight excluding hydrogens is 371 g/mol. The lowest BCUT2D eigenvalue weighted by Crippen LogP contribution is -2.25. The van der Waals surface area contributed by atoms with E-state index in [9.17, 15) is 18.0 Å². The maximum absolute atomic E-state index is 13.3. The predicted octanol–water partition coefficient (Wildman–Crippen LogP) is 4.24. The van der Waals surface area contributed by atoms with Gasteiger partial charge in [-0.15, -0.1) is 22.7 Å². The molecule has 0 spiro atoms. The van der Waals surface area contributed by atoms with Crippen LogP contribution < -0.4 is 11.1 Å². The first-order valence-corrected chi connectivity index (χ1v) is 9.04. The molecule has 0 aromatic carbocycles. The average molecular weight is 385 g/mol. The number of nitrogens with two attached hydrogens (primary N) is 1. The number of hydrogen-bond donors (Lipinski definition) is 2. The fraction of sp³-hybridized carbons (Fsp3) is 0.250. The number of amides is 1. The molecule has 0 saturated heterocycles. The summed E-state index contributed by atoms with van der Waals surface area (Å²) < 4.78 is 39.8. The Hall–Kier alpha value is -2.13. The Morgan fingerprint density at radius 2 is 2.16 bits per heavy atom. The van der Waals surface area contributed by atoms with Crippen molar-refractivity contribution in [2.75, 3.05) is 12.3 Å². The first-order valence-electron chi connectivity index (χ1n) is 7.34. The van der Waals surface area contributed by atoms with Crippen LogP contribution in [0.4, 0.5) is 18.9 Å². The van der Waals surface area contributed by atoms with Crippen LogP contribution in [0.15, 0.2) is 23.6 Å². The van der Waals surface area contributed by atoms with Gasteiger partial charge in [-0.1, -0.05) is 6.07 Å². The maximum atomic E-state index is 13.3. The summed E-state index contributed by atoms with van der Waals surface area (Å²) in [5.74, 6) is -0.483. The van der Waals surface area contributed by atoms with Gasteiger partial charge in [0.15, 0.2) is 0 Å². The Morgan fingerprint density at radius 3 is 2.80 bits per heavy atom. The number of anilines is 1. The van der Waals surface area contributed by atoms with Gasteiger partial charge in [0.25, 0.3) is 5.91 Å². The Bertz CT molecular complexity index is 917. The Kier molecular flexibility index (Phi) is 4.70. The number of thiophene rings is 2. The van der Waals surface area contributed by atoms with Gasteiger partial charge in [-0.25, -0.2) is 4.98 Å². The van der Waals surface area contributed by atoms with Crippen LogP contribution in [0, 0.1) is 6.92 Å². The van der Waals surface area contributed by atoms with Gasteiger partial charge in [0, 0.05) is 22.5 Å². The monoisotopic (exact) mass is 385 g/mol. The van der Waals surface area contributed by atoms with Crippen molar-refractivity contribution >= 4 is 44.5 Å². The molecule has 0 bridgehead atoms. The molecule has 0 aliphatic heterocycles. The van der Waals surface area contributed by atoms with Crippen LogP contribution in [0.1, 0.15) is 25.8 Å². The highest BCUT2D eigenvalue weighted by Crippen LogP contribution is 2.42.